The average Bonchev–Trinajstić information content (AvgIpc) is 3.32. The molecular weight excluding hydrogens is 318 g/mol. The first-order chi connectivity index (χ1) is 12.2. The second kappa shape index (κ2) is 6.76. The lowest BCUT2D eigenvalue weighted by atomic mass is 10.0. The van der Waals surface area contributed by atoms with Gasteiger partial charge in [0, 0.05) is 24.6 Å². The van der Waals surface area contributed by atoms with Gasteiger partial charge in [-0.2, -0.15) is 0 Å². The minimum absolute atomic E-state index is 0.00338. The van der Waals surface area contributed by atoms with Crippen molar-refractivity contribution in [2.24, 2.45) is 0 Å². The summed E-state index contributed by atoms with van der Waals surface area (Å²) in [5.74, 6) is 1.36. The van der Waals surface area contributed by atoms with Crippen molar-refractivity contribution in [2.45, 2.75) is 31.4 Å². The number of aliphatic hydroxyl groups is 1. The minimum atomic E-state index is -0.689. The predicted octanol–water partition coefficient (Wildman–Crippen LogP) is 3.17. The molecule has 0 bridgehead atoms. The zero-order valence-electron chi connectivity index (χ0n) is 13.9. The molecule has 2 aliphatic rings. The van der Waals surface area contributed by atoms with Crippen molar-refractivity contribution in [3.05, 3.63) is 59.6 Å². The first-order valence-electron chi connectivity index (χ1n) is 8.67. The molecular formula is C20H21NO4. The van der Waals surface area contributed by atoms with Crippen molar-refractivity contribution in [3.8, 4) is 5.75 Å². The Kier molecular flexibility index (Phi) is 4.32. The first kappa shape index (κ1) is 16.0. The number of carbonyl (C=O) groups excluding carboxylic acids is 1. The lowest BCUT2D eigenvalue weighted by Gasteiger charge is -2.28. The number of hydrogen-bond donors (Lipinski definition) is 1. The van der Waals surface area contributed by atoms with Crippen LogP contribution in [0.15, 0.2) is 52.7 Å². The third kappa shape index (κ3) is 3.20. The van der Waals surface area contributed by atoms with Crippen LogP contribution in [0, 0.1) is 0 Å². The van der Waals surface area contributed by atoms with Crippen LogP contribution in [-0.2, 0) is 4.79 Å². The van der Waals surface area contributed by atoms with E-state index in [1.165, 1.54) is 0 Å². The molecule has 0 radical (unpaired) electrons. The number of aliphatic hydroxyl groups excluding tert-OH is 1. The maximum absolute atomic E-state index is 13.0. The van der Waals surface area contributed by atoms with Gasteiger partial charge in [-0.3, -0.25) is 4.79 Å². The standard InChI is InChI=1S/C20H21NO4/c22-17(19-8-4-10-24-19)12-16-6-3-9-21(16)20(23)15-11-14-5-1-2-7-18(14)25-13-15/h1-2,4-5,7-8,10-11,16-17,22H,3,6,9,12-13H2. The maximum atomic E-state index is 13.0. The van der Waals surface area contributed by atoms with Gasteiger partial charge >= 0.3 is 0 Å². The zero-order valence-corrected chi connectivity index (χ0v) is 13.9. The highest BCUT2D eigenvalue weighted by atomic mass is 16.5. The van der Waals surface area contributed by atoms with Crippen LogP contribution < -0.4 is 4.74 Å². The molecule has 5 nitrogen and oxygen atoms in total. The number of fused-ring (bicyclic) bond motifs is 1. The quantitative estimate of drug-likeness (QED) is 0.929. The highest BCUT2D eigenvalue weighted by molar-refractivity contribution is 5.99. The Hall–Kier alpha value is -2.53. The van der Waals surface area contributed by atoms with Gasteiger partial charge in [0.25, 0.3) is 5.91 Å². The maximum Gasteiger partial charge on any atom is 0.253 e. The smallest absolute Gasteiger partial charge is 0.253 e. The number of ether oxygens (including phenoxy) is 1. The molecule has 0 aliphatic carbocycles. The van der Waals surface area contributed by atoms with Gasteiger partial charge in [0.15, 0.2) is 0 Å². The predicted molar refractivity (Wildman–Crippen MR) is 92.9 cm³/mol. The molecule has 1 aromatic carbocycles. The van der Waals surface area contributed by atoms with Crippen molar-refractivity contribution in [1.29, 1.82) is 0 Å². The van der Waals surface area contributed by atoms with Crippen molar-refractivity contribution in [1.82, 2.24) is 4.90 Å². The number of rotatable bonds is 4. The number of likely N-dealkylation sites (tertiary alicyclic amines) is 1. The summed E-state index contributed by atoms with van der Waals surface area (Å²) in [5, 5.41) is 10.3. The van der Waals surface area contributed by atoms with E-state index >= 15 is 0 Å². The van der Waals surface area contributed by atoms with E-state index in [0.29, 0.717) is 30.9 Å². The molecule has 1 N–H and O–H groups in total. The number of amides is 1. The molecule has 1 aromatic heterocycles. The molecule has 1 amide bonds. The Balaban J connectivity index is 1.49. The molecule has 3 heterocycles. The third-order valence-corrected chi connectivity index (χ3v) is 4.91. The van der Waals surface area contributed by atoms with Gasteiger partial charge in [0.1, 0.15) is 24.2 Å². The molecule has 1 saturated heterocycles. The summed E-state index contributed by atoms with van der Waals surface area (Å²) in [7, 11) is 0. The van der Waals surface area contributed by atoms with E-state index < -0.39 is 6.10 Å². The van der Waals surface area contributed by atoms with E-state index in [-0.39, 0.29) is 11.9 Å². The number of furan rings is 1. The summed E-state index contributed by atoms with van der Waals surface area (Å²) < 4.78 is 11.0. The third-order valence-electron chi connectivity index (χ3n) is 4.91. The van der Waals surface area contributed by atoms with Crippen molar-refractivity contribution < 1.29 is 19.1 Å². The van der Waals surface area contributed by atoms with Gasteiger partial charge in [0.05, 0.1) is 11.8 Å². The summed E-state index contributed by atoms with van der Waals surface area (Å²) in [4.78, 5) is 14.8. The summed E-state index contributed by atoms with van der Waals surface area (Å²) >= 11 is 0. The van der Waals surface area contributed by atoms with Gasteiger partial charge in [-0.1, -0.05) is 18.2 Å². The molecule has 130 valence electrons. The Bertz CT molecular complexity index is 781. The van der Waals surface area contributed by atoms with Crippen molar-refractivity contribution in [3.63, 3.8) is 0 Å². The first-order valence-corrected chi connectivity index (χ1v) is 8.67. The lowest BCUT2D eigenvalue weighted by molar-refractivity contribution is -0.128. The highest BCUT2D eigenvalue weighted by Crippen LogP contribution is 2.31. The molecule has 1 fully saturated rings. The average molecular weight is 339 g/mol. The van der Waals surface area contributed by atoms with Gasteiger partial charge in [-0.15, -0.1) is 0 Å². The highest BCUT2D eigenvalue weighted by Gasteiger charge is 2.33. The number of nitrogens with zero attached hydrogens (tertiary/aromatic N) is 1. The van der Waals surface area contributed by atoms with Crippen LogP contribution in [0.3, 0.4) is 0 Å². The molecule has 5 heteroatoms. The van der Waals surface area contributed by atoms with Crippen LogP contribution in [0.4, 0.5) is 0 Å². The van der Waals surface area contributed by atoms with Gasteiger partial charge in [-0.05, 0) is 37.1 Å². The second-order valence-electron chi connectivity index (χ2n) is 6.56. The van der Waals surface area contributed by atoms with Gasteiger partial charge in [0.2, 0.25) is 0 Å². The number of benzene rings is 1. The van der Waals surface area contributed by atoms with E-state index in [9.17, 15) is 9.90 Å². The van der Waals surface area contributed by atoms with E-state index in [1.807, 2.05) is 35.2 Å². The Morgan fingerprint density at radius 3 is 3.00 bits per heavy atom. The summed E-state index contributed by atoms with van der Waals surface area (Å²) in [6, 6.07) is 11.3. The molecule has 25 heavy (non-hydrogen) atoms. The van der Waals surface area contributed by atoms with Gasteiger partial charge in [-0.25, -0.2) is 0 Å². The molecule has 0 saturated carbocycles. The lowest BCUT2D eigenvalue weighted by Crippen LogP contribution is -2.38. The van der Waals surface area contributed by atoms with Crippen LogP contribution >= 0.6 is 0 Å². The molecule has 2 aromatic rings. The normalized spacial score (nSPS) is 20.6. The van der Waals surface area contributed by atoms with Crippen LogP contribution in [0.5, 0.6) is 5.75 Å². The van der Waals surface area contributed by atoms with Crippen LogP contribution in [0.2, 0.25) is 0 Å². The summed E-state index contributed by atoms with van der Waals surface area (Å²) in [6.07, 6.45) is 5.12. The van der Waals surface area contributed by atoms with Gasteiger partial charge < -0.3 is 19.2 Å². The van der Waals surface area contributed by atoms with Crippen molar-refractivity contribution in [2.75, 3.05) is 13.2 Å². The molecule has 2 unspecified atom stereocenters. The number of hydrogen-bond acceptors (Lipinski definition) is 4. The topological polar surface area (TPSA) is 62.9 Å². The number of carbonyl (C=O) groups is 1. The SMILES string of the molecule is O=C(C1=Cc2ccccc2OC1)N1CCCC1CC(O)c1ccco1. The Morgan fingerprint density at radius 1 is 1.28 bits per heavy atom. The fraction of sp³-hybridized carbons (Fsp3) is 0.350. The summed E-state index contributed by atoms with van der Waals surface area (Å²) in [5.41, 5.74) is 1.60. The van der Waals surface area contributed by atoms with E-state index in [1.54, 1.807) is 18.4 Å². The molecule has 4 rings (SSSR count). The largest absolute Gasteiger partial charge is 0.488 e. The minimum Gasteiger partial charge on any atom is -0.488 e. The van der Waals surface area contributed by atoms with E-state index in [2.05, 4.69) is 0 Å². The fourth-order valence-corrected chi connectivity index (χ4v) is 3.63. The second-order valence-corrected chi connectivity index (χ2v) is 6.56. The number of para-hydroxylation sites is 1. The zero-order chi connectivity index (χ0) is 17.2. The van der Waals surface area contributed by atoms with Crippen LogP contribution in [-0.4, -0.2) is 35.1 Å². The van der Waals surface area contributed by atoms with Crippen LogP contribution in [0.1, 0.15) is 36.7 Å². The van der Waals surface area contributed by atoms with Crippen LogP contribution in [0.25, 0.3) is 6.08 Å². The Morgan fingerprint density at radius 2 is 2.16 bits per heavy atom. The molecule has 0 spiro atoms. The van der Waals surface area contributed by atoms with E-state index in [0.717, 1.165) is 24.2 Å². The Labute approximate surface area is 146 Å². The van der Waals surface area contributed by atoms with Crippen molar-refractivity contribution >= 4 is 12.0 Å². The monoisotopic (exact) mass is 339 g/mol. The molecule has 2 atom stereocenters. The fourth-order valence-electron chi connectivity index (χ4n) is 3.63. The van der Waals surface area contributed by atoms with E-state index in [4.69, 9.17) is 9.15 Å². The molecule has 2 aliphatic heterocycles. The summed E-state index contributed by atoms with van der Waals surface area (Å²) in [6.45, 7) is 1.01.